The largest absolute Gasteiger partial charge is 0.293 e. The first kappa shape index (κ1) is 9.51. The van der Waals surface area contributed by atoms with Crippen LogP contribution in [-0.2, 0) is 0 Å². The van der Waals surface area contributed by atoms with Gasteiger partial charge < -0.3 is 0 Å². The Balaban J connectivity index is 2.40. The predicted octanol–water partition coefficient (Wildman–Crippen LogP) is 1.17. The van der Waals surface area contributed by atoms with E-state index in [1.54, 1.807) is 23.0 Å². The molecule has 2 heterocycles. The van der Waals surface area contributed by atoms with Gasteiger partial charge in [-0.1, -0.05) is 0 Å². The molecule has 0 aliphatic rings. The van der Waals surface area contributed by atoms with E-state index in [9.17, 15) is 4.79 Å². The third-order valence-corrected chi connectivity index (χ3v) is 2.07. The molecule has 0 unspecified atom stereocenters. The maximum Gasteiger partial charge on any atom is 0.178 e. The molecule has 0 radical (unpaired) electrons. The Labute approximate surface area is 86.8 Å². The van der Waals surface area contributed by atoms with Crippen molar-refractivity contribution in [2.75, 3.05) is 0 Å². The summed E-state index contributed by atoms with van der Waals surface area (Å²) in [5.74, 6) is 0.740. The summed E-state index contributed by atoms with van der Waals surface area (Å²) in [6.07, 6.45) is 3.09. The van der Waals surface area contributed by atoms with Gasteiger partial charge in [0.05, 0.1) is 11.9 Å². The van der Waals surface area contributed by atoms with Crippen molar-refractivity contribution < 1.29 is 4.79 Å². The highest BCUT2D eigenvalue weighted by Crippen LogP contribution is 2.07. The molecule has 2 aromatic rings. The van der Waals surface area contributed by atoms with Gasteiger partial charge in [0.1, 0.15) is 17.8 Å². The van der Waals surface area contributed by atoms with E-state index >= 15 is 0 Å². The van der Waals surface area contributed by atoms with E-state index in [0.717, 1.165) is 11.5 Å². The van der Waals surface area contributed by atoms with Gasteiger partial charge in [-0.05, 0) is 19.1 Å². The maximum absolute atomic E-state index is 11.0. The van der Waals surface area contributed by atoms with E-state index in [-0.39, 0.29) is 5.78 Å². The summed E-state index contributed by atoms with van der Waals surface area (Å²) in [7, 11) is 0. The van der Waals surface area contributed by atoms with Crippen LogP contribution in [0.3, 0.4) is 0 Å². The molecule has 2 rings (SSSR count). The van der Waals surface area contributed by atoms with E-state index in [2.05, 4.69) is 15.1 Å². The maximum atomic E-state index is 11.0. The zero-order chi connectivity index (χ0) is 10.8. The Morgan fingerprint density at radius 3 is 2.60 bits per heavy atom. The van der Waals surface area contributed by atoms with Crippen LogP contribution in [0.15, 0.2) is 24.7 Å². The molecule has 0 bridgehead atoms. The molecule has 0 saturated carbocycles. The van der Waals surface area contributed by atoms with Crippen LogP contribution in [-0.4, -0.2) is 25.5 Å². The molecule has 5 heteroatoms. The summed E-state index contributed by atoms with van der Waals surface area (Å²) in [5, 5.41) is 4.04. The van der Waals surface area contributed by atoms with Crippen LogP contribution in [0.1, 0.15) is 23.2 Å². The van der Waals surface area contributed by atoms with Crippen LogP contribution in [0.2, 0.25) is 0 Å². The number of carbonyl (C=O) groups excluding carboxylic acids is 1. The lowest BCUT2D eigenvalue weighted by atomic mass is 10.2. The summed E-state index contributed by atoms with van der Waals surface area (Å²) in [5.41, 5.74) is 1.26. The molecule has 0 aromatic carbocycles. The molecule has 0 fully saturated rings. The lowest BCUT2D eigenvalue weighted by Crippen LogP contribution is -2.02. The zero-order valence-electron chi connectivity index (χ0n) is 8.51. The molecule has 15 heavy (non-hydrogen) atoms. The number of carbonyl (C=O) groups is 1. The van der Waals surface area contributed by atoms with Crippen LogP contribution >= 0.6 is 0 Å². The minimum Gasteiger partial charge on any atom is -0.293 e. The van der Waals surface area contributed by atoms with Crippen molar-refractivity contribution in [1.29, 1.82) is 0 Å². The molecule has 0 aliphatic carbocycles. The molecular weight excluding hydrogens is 192 g/mol. The van der Waals surface area contributed by atoms with Crippen LogP contribution < -0.4 is 0 Å². The van der Waals surface area contributed by atoms with E-state index < -0.39 is 0 Å². The van der Waals surface area contributed by atoms with Crippen molar-refractivity contribution in [3.63, 3.8) is 0 Å². The van der Waals surface area contributed by atoms with Crippen LogP contribution in [0.25, 0.3) is 5.69 Å². The molecule has 5 nitrogen and oxygen atoms in total. The minimum absolute atomic E-state index is 0.0446. The van der Waals surface area contributed by atoms with E-state index in [0.29, 0.717) is 5.69 Å². The number of ketones is 1. The Hall–Kier alpha value is -2.04. The summed E-state index contributed by atoms with van der Waals surface area (Å²) >= 11 is 0. The standard InChI is InChI=1S/C10H10N4O/c1-7(15)10-4-3-9(5-11-10)14-8(2)12-6-13-14/h3-6H,1-2H3. The van der Waals surface area contributed by atoms with Gasteiger partial charge in [0, 0.05) is 6.92 Å². The number of aryl methyl sites for hydroxylation is 1. The highest BCUT2D eigenvalue weighted by Gasteiger charge is 2.04. The smallest absolute Gasteiger partial charge is 0.178 e. The van der Waals surface area contributed by atoms with E-state index in [1.807, 2.05) is 6.92 Å². The quantitative estimate of drug-likeness (QED) is 0.686. The fourth-order valence-corrected chi connectivity index (χ4v) is 1.27. The van der Waals surface area contributed by atoms with E-state index in [1.165, 1.54) is 13.3 Å². The zero-order valence-corrected chi connectivity index (χ0v) is 8.51. The second-order valence-corrected chi connectivity index (χ2v) is 3.18. The fraction of sp³-hybridized carbons (Fsp3) is 0.200. The minimum atomic E-state index is -0.0446. The number of Topliss-reactive ketones (excluding diaryl/α,β-unsaturated/α-hetero) is 1. The monoisotopic (exact) mass is 202 g/mol. The SMILES string of the molecule is CC(=O)c1ccc(-n2ncnc2C)cn1. The number of hydrogen-bond acceptors (Lipinski definition) is 4. The second-order valence-electron chi connectivity index (χ2n) is 3.18. The highest BCUT2D eigenvalue weighted by molar-refractivity contribution is 5.92. The van der Waals surface area contributed by atoms with Crippen molar-refractivity contribution in [1.82, 2.24) is 19.7 Å². The lowest BCUT2D eigenvalue weighted by Gasteiger charge is -2.02. The molecular formula is C10H10N4O. The number of pyridine rings is 1. The Morgan fingerprint density at radius 1 is 1.33 bits per heavy atom. The van der Waals surface area contributed by atoms with Crippen molar-refractivity contribution in [2.45, 2.75) is 13.8 Å². The van der Waals surface area contributed by atoms with Gasteiger partial charge in [0.2, 0.25) is 0 Å². The lowest BCUT2D eigenvalue weighted by molar-refractivity contribution is 0.101. The molecule has 0 atom stereocenters. The average Bonchev–Trinajstić information content (AvgIpc) is 2.65. The van der Waals surface area contributed by atoms with Gasteiger partial charge >= 0.3 is 0 Å². The topological polar surface area (TPSA) is 60.7 Å². The molecule has 0 aliphatic heterocycles. The number of rotatable bonds is 2. The highest BCUT2D eigenvalue weighted by atomic mass is 16.1. The van der Waals surface area contributed by atoms with Crippen LogP contribution in [0, 0.1) is 6.92 Å². The molecule has 0 amide bonds. The van der Waals surface area contributed by atoms with Crippen molar-refractivity contribution >= 4 is 5.78 Å². The van der Waals surface area contributed by atoms with Gasteiger partial charge in [-0.15, -0.1) is 0 Å². The van der Waals surface area contributed by atoms with Crippen molar-refractivity contribution in [2.24, 2.45) is 0 Å². The number of aromatic nitrogens is 4. The summed E-state index contributed by atoms with van der Waals surface area (Å²) in [4.78, 5) is 19.1. The van der Waals surface area contributed by atoms with Gasteiger partial charge in [-0.3, -0.25) is 9.78 Å². The molecule has 0 N–H and O–H groups in total. The molecule has 2 aromatic heterocycles. The van der Waals surface area contributed by atoms with Crippen LogP contribution in [0.4, 0.5) is 0 Å². The normalized spacial score (nSPS) is 10.3. The Kier molecular flexibility index (Phi) is 2.29. The summed E-state index contributed by atoms with van der Waals surface area (Å²) in [6, 6.07) is 3.48. The van der Waals surface area contributed by atoms with Gasteiger partial charge in [0.15, 0.2) is 5.78 Å². The molecule has 0 saturated heterocycles. The van der Waals surface area contributed by atoms with Gasteiger partial charge in [0.25, 0.3) is 0 Å². The first-order valence-corrected chi connectivity index (χ1v) is 4.52. The van der Waals surface area contributed by atoms with Crippen molar-refractivity contribution in [3.8, 4) is 5.69 Å². The third-order valence-electron chi connectivity index (χ3n) is 2.07. The van der Waals surface area contributed by atoms with Crippen molar-refractivity contribution in [3.05, 3.63) is 36.2 Å². The summed E-state index contributed by atoms with van der Waals surface area (Å²) < 4.78 is 1.66. The fourth-order valence-electron chi connectivity index (χ4n) is 1.27. The number of nitrogens with zero attached hydrogens (tertiary/aromatic N) is 4. The van der Waals surface area contributed by atoms with Gasteiger partial charge in [-0.25, -0.2) is 9.67 Å². The van der Waals surface area contributed by atoms with E-state index in [4.69, 9.17) is 0 Å². The predicted molar refractivity (Wildman–Crippen MR) is 53.9 cm³/mol. The average molecular weight is 202 g/mol. The molecule has 0 spiro atoms. The second kappa shape index (κ2) is 3.61. The Morgan fingerprint density at radius 2 is 2.13 bits per heavy atom. The first-order chi connectivity index (χ1) is 7.18. The van der Waals surface area contributed by atoms with Gasteiger partial charge in [-0.2, -0.15) is 5.10 Å². The Bertz CT molecular complexity index is 486. The first-order valence-electron chi connectivity index (χ1n) is 4.52. The third kappa shape index (κ3) is 1.76. The molecule has 76 valence electrons. The van der Waals surface area contributed by atoms with Crippen LogP contribution in [0.5, 0.6) is 0 Å². The summed E-state index contributed by atoms with van der Waals surface area (Å²) in [6.45, 7) is 3.34. The number of hydrogen-bond donors (Lipinski definition) is 0.